The zero-order valence-electron chi connectivity index (χ0n) is 32.6. The average molecular weight is 771 g/mol. The quantitative estimate of drug-likeness (QED) is 0.180. The molecule has 5 aromatic heterocycles. The molecule has 0 saturated carbocycles. The topological polar surface area (TPSA) is 49.3 Å². The first-order chi connectivity index (χ1) is 29.6. The largest absolute Gasteiger partial charge is 0.456 e. The zero-order valence-corrected chi connectivity index (χ0v) is 32.6. The van der Waals surface area contributed by atoms with E-state index in [9.17, 15) is 0 Å². The fraction of sp³-hybridized carbons (Fsp3) is 0.0545. The van der Waals surface area contributed by atoms with Crippen LogP contribution in [0.3, 0.4) is 0 Å². The highest BCUT2D eigenvalue weighted by atomic mass is 16.3. The lowest BCUT2D eigenvalue weighted by molar-refractivity contribution is 0.581. The molecule has 1 aliphatic rings. The number of hydrogen-bond acceptors (Lipinski definition) is 3. The number of aromatic nitrogens is 2. The van der Waals surface area contributed by atoms with Crippen molar-refractivity contribution in [1.82, 2.24) is 9.13 Å². The molecule has 0 spiro atoms. The van der Waals surface area contributed by atoms with Crippen LogP contribution in [0.15, 0.2) is 189 Å². The van der Waals surface area contributed by atoms with Gasteiger partial charge in [0.1, 0.15) is 27.9 Å². The second-order valence-electron chi connectivity index (χ2n) is 16.6. The van der Waals surface area contributed by atoms with E-state index in [-0.39, 0.29) is 5.41 Å². The summed E-state index contributed by atoms with van der Waals surface area (Å²) in [5, 5.41) is 11.3. The van der Waals surface area contributed by atoms with Crippen LogP contribution in [0.2, 0.25) is 0 Å². The standard InChI is InChI=1S/C55H34N2O3/c1-55(41-18-10-16-35-33-12-4-8-22-47(33)58-51(35)41)30-28-32(29-31-55)56-42-19-6-2-14-39(42)49-44(56)26-24-37-38-25-27-45-50(54(38)60-53(37)49)40-15-3-7-20-43(40)57(45)46-21-11-17-36-34-13-5-9-23-48(34)59-52(36)46/h2-30H,31H2,1H3. The molecule has 1 atom stereocenters. The van der Waals surface area contributed by atoms with Crippen LogP contribution in [0.4, 0.5) is 0 Å². The number of nitrogens with zero attached hydrogens (tertiary/aromatic N) is 2. The van der Waals surface area contributed by atoms with Gasteiger partial charge in [0.25, 0.3) is 0 Å². The molecule has 1 unspecified atom stereocenters. The van der Waals surface area contributed by atoms with E-state index < -0.39 is 0 Å². The summed E-state index contributed by atoms with van der Waals surface area (Å²) in [5.74, 6) is 0. The molecule has 8 aromatic carbocycles. The van der Waals surface area contributed by atoms with Crippen molar-refractivity contribution in [1.29, 1.82) is 0 Å². The van der Waals surface area contributed by atoms with Gasteiger partial charge in [-0.3, -0.25) is 0 Å². The summed E-state index contributed by atoms with van der Waals surface area (Å²) in [4.78, 5) is 0. The molecule has 0 saturated heterocycles. The Morgan fingerprint density at radius 3 is 1.58 bits per heavy atom. The zero-order chi connectivity index (χ0) is 39.3. The molecule has 0 bridgehead atoms. The molecule has 5 heterocycles. The van der Waals surface area contributed by atoms with Gasteiger partial charge in [0.15, 0.2) is 5.58 Å². The van der Waals surface area contributed by atoms with Gasteiger partial charge in [0, 0.05) is 59.8 Å². The minimum Gasteiger partial charge on any atom is -0.456 e. The molecule has 0 aliphatic heterocycles. The lowest BCUT2D eigenvalue weighted by Gasteiger charge is -2.29. The maximum absolute atomic E-state index is 7.24. The molecule has 0 fully saturated rings. The number of hydrogen-bond donors (Lipinski definition) is 0. The number of furan rings is 3. The highest BCUT2D eigenvalue weighted by molar-refractivity contribution is 6.29. The lowest BCUT2D eigenvalue weighted by Crippen LogP contribution is -2.21. The molecule has 5 heteroatoms. The second-order valence-corrected chi connectivity index (χ2v) is 16.6. The van der Waals surface area contributed by atoms with Crippen molar-refractivity contribution in [3.8, 4) is 5.69 Å². The summed E-state index contributed by atoms with van der Waals surface area (Å²) in [6.07, 6.45) is 7.88. The summed E-state index contributed by atoms with van der Waals surface area (Å²) < 4.78 is 25.1. The molecular formula is C55H34N2O3. The maximum atomic E-state index is 7.24. The maximum Gasteiger partial charge on any atom is 0.159 e. The molecule has 0 amide bonds. The number of allylic oxidation sites excluding steroid dienone is 4. The number of fused-ring (bicyclic) bond motifs is 17. The van der Waals surface area contributed by atoms with Gasteiger partial charge in [-0.25, -0.2) is 0 Å². The molecule has 14 rings (SSSR count). The van der Waals surface area contributed by atoms with Gasteiger partial charge >= 0.3 is 0 Å². The van der Waals surface area contributed by atoms with Crippen molar-refractivity contribution in [2.24, 2.45) is 0 Å². The smallest absolute Gasteiger partial charge is 0.159 e. The summed E-state index contributed by atoms with van der Waals surface area (Å²) in [6, 6.07) is 56.0. The van der Waals surface area contributed by atoms with Crippen LogP contribution in [0.5, 0.6) is 0 Å². The van der Waals surface area contributed by atoms with Crippen molar-refractivity contribution < 1.29 is 13.3 Å². The van der Waals surface area contributed by atoms with Gasteiger partial charge in [-0.05, 0) is 67.1 Å². The number of rotatable bonds is 3. The van der Waals surface area contributed by atoms with E-state index >= 15 is 0 Å². The number of para-hydroxylation sites is 6. The van der Waals surface area contributed by atoms with Crippen LogP contribution in [0, 0.1) is 0 Å². The molecule has 1 aliphatic carbocycles. The third kappa shape index (κ3) is 4.11. The van der Waals surface area contributed by atoms with E-state index in [2.05, 4.69) is 174 Å². The van der Waals surface area contributed by atoms with Crippen LogP contribution in [0.25, 0.3) is 121 Å². The third-order valence-corrected chi connectivity index (χ3v) is 13.3. The molecule has 0 N–H and O–H groups in total. The van der Waals surface area contributed by atoms with Crippen LogP contribution in [0.1, 0.15) is 18.9 Å². The average Bonchev–Trinajstić information content (AvgIpc) is 4.11. The Hall–Kier alpha value is -7.76. The van der Waals surface area contributed by atoms with E-state index in [0.29, 0.717) is 0 Å². The Morgan fingerprint density at radius 2 is 0.933 bits per heavy atom. The molecule has 5 nitrogen and oxygen atoms in total. The Bertz CT molecular complexity index is 4070. The van der Waals surface area contributed by atoms with E-state index in [0.717, 1.165) is 122 Å². The monoisotopic (exact) mass is 770 g/mol. The minimum absolute atomic E-state index is 0.234. The third-order valence-electron chi connectivity index (χ3n) is 13.3. The van der Waals surface area contributed by atoms with E-state index in [1.807, 2.05) is 18.2 Å². The summed E-state index contributed by atoms with van der Waals surface area (Å²) in [6.45, 7) is 2.32. The summed E-state index contributed by atoms with van der Waals surface area (Å²) >= 11 is 0. The van der Waals surface area contributed by atoms with E-state index in [1.165, 1.54) is 10.9 Å². The van der Waals surface area contributed by atoms with Crippen molar-refractivity contribution in [3.63, 3.8) is 0 Å². The van der Waals surface area contributed by atoms with Crippen LogP contribution in [-0.4, -0.2) is 9.13 Å². The fourth-order valence-corrected chi connectivity index (χ4v) is 10.5. The second kappa shape index (κ2) is 11.5. The molecule has 13 aromatic rings. The van der Waals surface area contributed by atoms with Gasteiger partial charge in [-0.2, -0.15) is 0 Å². The van der Waals surface area contributed by atoms with Gasteiger partial charge in [0.05, 0.1) is 38.5 Å². The summed E-state index contributed by atoms with van der Waals surface area (Å²) in [7, 11) is 0. The van der Waals surface area contributed by atoms with Gasteiger partial charge in [-0.15, -0.1) is 0 Å². The first-order valence-electron chi connectivity index (χ1n) is 20.6. The molecule has 60 heavy (non-hydrogen) atoms. The first kappa shape index (κ1) is 32.2. The van der Waals surface area contributed by atoms with Crippen LogP contribution >= 0.6 is 0 Å². The normalized spacial score (nSPS) is 16.1. The predicted octanol–water partition coefficient (Wildman–Crippen LogP) is 15.3. The highest BCUT2D eigenvalue weighted by Crippen LogP contribution is 2.47. The van der Waals surface area contributed by atoms with Crippen LogP contribution < -0.4 is 0 Å². The van der Waals surface area contributed by atoms with Crippen molar-refractivity contribution >= 4 is 115 Å². The number of benzene rings is 8. The molecule has 282 valence electrons. The van der Waals surface area contributed by atoms with Crippen LogP contribution in [-0.2, 0) is 5.41 Å². The SMILES string of the molecule is CC1(c2cccc3c2oc2ccccc23)C=CC(n2c3ccccc3c3c4oc5c(ccc6c5c5ccccc5n6-c5cccc6c5oc5ccccc56)c4ccc32)=CC1. The lowest BCUT2D eigenvalue weighted by atomic mass is 9.76. The Labute approximate surface area is 342 Å². The van der Waals surface area contributed by atoms with Crippen molar-refractivity contribution in [3.05, 3.63) is 182 Å². The first-order valence-corrected chi connectivity index (χ1v) is 20.6. The van der Waals surface area contributed by atoms with Gasteiger partial charge < -0.3 is 22.4 Å². The minimum atomic E-state index is -0.234. The van der Waals surface area contributed by atoms with E-state index in [1.54, 1.807) is 0 Å². The Balaban J connectivity index is 0.967. The van der Waals surface area contributed by atoms with Gasteiger partial charge in [-0.1, -0.05) is 122 Å². The Kier molecular flexibility index (Phi) is 6.15. The van der Waals surface area contributed by atoms with E-state index in [4.69, 9.17) is 13.3 Å². The Morgan fingerprint density at radius 1 is 0.417 bits per heavy atom. The fourth-order valence-electron chi connectivity index (χ4n) is 10.5. The summed E-state index contributed by atoms with van der Waals surface area (Å²) in [5.41, 5.74) is 13.0. The molecule has 0 radical (unpaired) electrons. The highest BCUT2D eigenvalue weighted by Gasteiger charge is 2.30. The molecular weight excluding hydrogens is 737 g/mol. The van der Waals surface area contributed by atoms with Crippen molar-refractivity contribution in [2.45, 2.75) is 18.8 Å². The van der Waals surface area contributed by atoms with Gasteiger partial charge in [0.2, 0.25) is 0 Å². The predicted molar refractivity (Wildman–Crippen MR) is 247 cm³/mol. The van der Waals surface area contributed by atoms with Crippen molar-refractivity contribution in [2.75, 3.05) is 0 Å².